The van der Waals surface area contributed by atoms with E-state index in [2.05, 4.69) is 22.1 Å². The Balaban J connectivity index is 0.000000461. The van der Waals surface area contributed by atoms with Gasteiger partial charge in [0.05, 0.1) is 0 Å². The van der Waals surface area contributed by atoms with E-state index in [0.717, 1.165) is 11.7 Å². The first-order chi connectivity index (χ1) is 6.86. The van der Waals surface area contributed by atoms with Gasteiger partial charge in [-0.25, -0.2) is 4.98 Å². The van der Waals surface area contributed by atoms with Crippen LogP contribution in [0.2, 0.25) is 0 Å². The van der Waals surface area contributed by atoms with Gasteiger partial charge in [0.1, 0.15) is 12.2 Å². The molecule has 1 aromatic heterocycles. The van der Waals surface area contributed by atoms with E-state index in [1.807, 2.05) is 13.8 Å². The molecule has 0 saturated heterocycles. The molecule has 1 aliphatic carbocycles. The van der Waals surface area contributed by atoms with Crippen LogP contribution in [-0.2, 0) is 0 Å². The molecule has 80 valence electrons. The summed E-state index contributed by atoms with van der Waals surface area (Å²) < 4.78 is 0. The predicted octanol–water partition coefficient (Wildman–Crippen LogP) is 3.12. The van der Waals surface area contributed by atoms with Crippen molar-refractivity contribution >= 4 is 0 Å². The van der Waals surface area contributed by atoms with Crippen LogP contribution in [0.25, 0.3) is 0 Å². The summed E-state index contributed by atoms with van der Waals surface area (Å²) in [4.78, 5) is 4.20. The van der Waals surface area contributed by atoms with Gasteiger partial charge in [-0.3, -0.25) is 5.10 Å². The fourth-order valence-electron chi connectivity index (χ4n) is 1.95. The summed E-state index contributed by atoms with van der Waals surface area (Å²) in [5, 5.41) is 6.84. The summed E-state index contributed by atoms with van der Waals surface area (Å²) >= 11 is 0. The van der Waals surface area contributed by atoms with Crippen LogP contribution < -0.4 is 0 Å². The molecule has 3 heteroatoms. The average molecular weight is 195 g/mol. The van der Waals surface area contributed by atoms with Crippen molar-refractivity contribution in [3.05, 3.63) is 12.2 Å². The van der Waals surface area contributed by atoms with E-state index in [-0.39, 0.29) is 0 Å². The third kappa shape index (κ3) is 2.82. The third-order valence-corrected chi connectivity index (χ3v) is 2.84. The lowest BCUT2D eigenvalue weighted by Crippen LogP contribution is -2.11. The highest BCUT2D eigenvalue weighted by Crippen LogP contribution is 2.33. The standard InChI is InChI=1S/C9H15N3.C2H6/c1-7-2-4-8(5-3-7)9-10-6-11-12-9;1-2/h6-8H,2-5H2,1H3,(H,10,11,12);1-2H3. The van der Waals surface area contributed by atoms with Gasteiger partial charge >= 0.3 is 0 Å². The van der Waals surface area contributed by atoms with Crippen LogP contribution in [0.5, 0.6) is 0 Å². The first kappa shape index (κ1) is 11.2. The molecule has 0 spiro atoms. The number of nitrogens with zero attached hydrogens (tertiary/aromatic N) is 2. The lowest BCUT2D eigenvalue weighted by molar-refractivity contribution is 0.340. The Labute approximate surface area is 86.3 Å². The molecule has 14 heavy (non-hydrogen) atoms. The normalized spacial score (nSPS) is 26.5. The van der Waals surface area contributed by atoms with Crippen molar-refractivity contribution in [3.63, 3.8) is 0 Å². The van der Waals surface area contributed by atoms with Gasteiger partial charge in [-0.1, -0.05) is 33.6 Å². The summed E-state index contributed by atoms with van der Waals surface area (Å²) in [5.41, 5.74) is 0. The van der Waals surface area contributed by atoms with Crippen LogP contribution in [0.1, 0.15) is 58.2 Å². The fraction of sp³-hybridized carbons (Fsp3) is 0.818. The maximum Gasteiger partial charge on any atom is 0.137 e. The number of nitrogens with one attached hydrogen (secondary N) is 1. The molecule has 0 aromatic carbocycles. The highest BCUT2D eigenvalue weighted by molar-refractivity contribution is 4.94. The van der Waals surface area contributed by atoms with Crippen molar-refractivity contribution in [2.75, 3.05) is 0 Å². The summed E-state index contributed by atoms with van der Waals surface area (Å²) in [6.07, 6.45) is 6.83. The van der Waals surface area contributed by atoms with E-state index in [0.29, 0.717) is 5.92 Å². The first-order valence-corrected chi connectivity index (χ1v) is 5.71. The lowest BCUT2D eigenvalue weighted by atomic mass is 9.83. The molecule has 1 saturated carbocycles. The molecule has 0 amide bonds. The highest BCUT2D eigenvalue weighted by atomic mass is 15.2. The van der Waals surface area contributed by atoms with Crippen LogP contribution in [0.15, 0.2) is 6.33 Å². The Kier molecular flexibility index (Phi) is 4.63. The maximum absolute atomic E-state index is 4.20. The van der Waals surface area contributed by atoms with E-state index >= 15 is 0 Å². The van der Waals surface area contributed by atoms with Gasteiger partial charge < -0.3 is 0 Å². The largest absolute Gasteiger partial charge is 0.263 e. The second-order valence-corrected chi connectivity index (χ2v) is 3.83. The number of aromatic nitrogens is 3. The minimum atomic E-state index is 0.642. The van der Waals surface area contributed by atoms with Gasteiger partial charge in [0, 0.05) is 5.92 Å². The summed E-state index contributed by atoms with van der Waals surface area (Å²) in [7, 11) is 0. The van der Waals surface area contributed by atoms with E-state index in [1.54, 1.807) is 6.33 Å². The first-order valence-electron chi connectivity index (χ1n) is 5.71. The van der Waals surface area contributed by atoms with Crippen LogP contribution in [-0.4, -0.2) is 15.2 Å². The van der Waals surface area contributed by atoms with E-state index < -0.39 is 0 Å². The Morgan fingerprint density at radius 2 is 1.86 bits per heavy atom. The minimum absolute atomic E-state index is 0.642. The smallest absolute Gasteiger partial charge is 0.137 e. The minimum Gasteiger partial charge on any atom is -0.263 e. The number of hydrogen-bond donors (Lipinski definition) is 1. The van der Waals surface area contributed by atoms with E-state index in [4.69, 9.17) is 0 Å². The molecule has 1 N–H and O–H groups in total. The molecule has 0 aliphatic heterocycles. The van der Waals surface area contributed by atoms with Gasteiger partial charge in [-0.05, 0) is 18.8 Å². The second kappa shape index (κ2) is 5.78. The maximum atomic E-state index is 4.20. The third-order valence-electron chi connectivity index (χ3n) is 2.84. The Bertz CT molecular complexity index is 223. The zero-order valence-electron chi connectivity index (χ0n) is 9.45. The lowest BCUT2D eigenvalue weighted by Gasteiger charge is -2.24. The molecule has 1 heterocycles. The zero-order valence-corrected chi connectivity index (χ0v) is 9.45. The van der Waals surface area contributed by atoms with Crippen molar-refractivity contribution in [3.8, 4) is 0 Å². The molecule has 1 fully saturated rings. The SMILES string of the molecule is CC.CC1CCC(c2ncn[nH]2)CC1. The van der Waals surface area contributed by atoms with Crippen LogP contribution >= 0.6 is 0 Å². The molecule has 1 aliphatic rings. The van der Waals surface area contributed by atoms with Crippen molar-refractivity contribution in [2.45, 2.75) is 52.4 Å². The van der Waals surface area contributed by atoms with Crippen molar-refractivity contribution in [1.82, 2.24) is 15.2 Å². The molecular weight excluding hydrogens is 174 g/mol. The Hall–Kier alpha value is -0.860. The summed E-state index contributed by atoms with van der Waals surface area (Å²) in [5.74, 6) is 2.63. The second-order valence-electron chi connectivity index (χ2n) is 3.83. The van der Waals surface area contributed by atoms with Crippen LogP contribution in [0.3, 0.4) is 0 Å². The van der Waals surface area contributed by atoms with Crippen molar-refractivity contribution in [2.24, 2.45) is 5.92 Å². The van der Waals surface area contributed by atoms with Crippen molar-refractivity contribution in [1.29, 1.82) is 0 Å². The number of aromatic amines is 1. The average Bonchev–Trinajstić information content (AvgIpc) is 2.75. The highest BCUT2D eigenvalue weighted by Gasteiger charge is 2.21. The Morgan fingerprint density at radius 3 is 2.36 bits per heavy atom. The molecule has 1 aromatic rings. The quantitative estimate of drug-likeness (QED) is 0.748. The summed E-state index contributed by atoms with van der Waals surface area (Å²) in [6.45, 7) is 6.33. The molecular formula is C11H21N3. The topological polar surface area (TPSA) is 41.6 Å². The number of rotatable bonds is 1. The Morgan fingerprint density at radius 1 is 1.21 bits per heavy atom. The molecule has 0 unspecified atom stereocenters. The van der Waals surface area contributed by atoms with Gasteiger partial charge in [0.25, 0.3) is 0 Å². The van der Waals surface area contributed by atoms with Gasteiger partial charge in [-0.15, -0.1) is 0 Å². The molecule has 2 rings (SSSR count). The number of H-pyrrole nitrogens is 1. The fourth-order valence-corrected chi connectivity index (χ4v) is 1.95. The van der Waals surface area contributed by atoms with Gasteiger partial charge in [-0.2, -0.15) is 5.10 Å². The van der Waals surface area contributed by atoms with Crippen LogP contribution in [0, 0.1) is 5.92 Å². The molecule has 0 atom stereocenters. The monoisotopic (exact) mass is 195 g/mol. The molecule has 0 radical (unpaired) electrons. The van der Waals surface area contributed by atoms with Crippen molar-refractivity contribution < 1.29 is 0 Å². The number of hydrogen-bond acceptors (Lipinski definition) is 2. The molecule has 3 nitrogen and oxygen atoms in total. The molecule has 0 bridgehead atoms. The van der Waals surface area contributed by atoms with Gasteiger partial charge in [0.2, 0.25) is 0 Å². The van der Waals surface area contributed by atoms with Gasteiger partial charge in [0.15, 0.2) is 0 Å². The van der Waals surface area contributed by atoms with E-state index in [9.17, 15) is 0 Å². The zero-order chi connectivity index (χ0) is 10.4. The van der Waals surface area contributed by atoms with E-state index in [1.165, 1.54) is 25.7 Å². The summed E-state index contributed by atoms with van der Waals surface area (Å²) in [6, 6.07) is 0. The predicted molar refractivity (Wildman–Crippen MR) is 58.1 cm³/mol. The van der Waals surface area contributed by atoms with Crippen LogP contribution in [0.4, 0.5) is 0 Å².